The van der Waals surface area contributed by atoms with Crippen molar-refractivity contribution in [1.29, 1.82) is 0 Å². The van der Waals surface area contributed by atoms with E-state index in [0.717, 1.165) is 91.6 Å². The van der Waals surface area contributed by atoms with Crippen LogP contribution in [0.2, 0.25) is 0 Å². The second kappa shape index (κ2) is 18.2. The Balaban J connectivity index is 0.000000175. The Morgan fingerprint density at radius 3 is 1.89 bits per heavy atom. The van der Waals surface area contributed by atoms with Gasteiger partial charge in [-0.05, 0) is 90.6 Å². The van der Waals surface area contributed by atoms with Crippen molar-refractivity contribution in [3.8, 4) is 11.5 Å². The summed E-state index contributed by atoms with van der Waals surface area (Å²) in [6.07, 6.45) is 2.44. The van der Waals surface area contributed by atoms with Gasteiger partial charge in [0.15, 0.2) is 0 Å². The Kier molecular flexibility index (Phi) is 12.0. The third-order valence-corrected chi connectivity index (χ3v) is 14.2. The number of carbonyl (C=O) groups excluding carboxylic acids is 6. The molecule has 2 unspecified atom stereocenters. The van der Waals surface area contributed by atoms with E-state index in [9.17, 15) is 28.8 Å². The highest BCUT2D eigenvalue weighted by Crippen LogP contribution is 2.34. The fourth-order valence-corrected chi connectivity index (χ4v) is 10.4. The van der Waals surface area contributed by atoms with Crippen LogP contribution in [0.4, 0.5) is 0 Å². The van der Waals surface area contributed by atoms with Gasteiger partial charge in [0.25, 0.3) is 11.8 Å². The lowest BCUT2D eigenvalue weighted by Gasteiger charge is -2.29. The summed E-state index contributed by atoms with van der Waals surface area (Å²) < 4.78 is 18.0. The molecule has 4 aromatic rings. The third-order valence-electron chi connectivity index (χ3n) is 14.2. The van der Waals surface area contributed by atoms with Crippen molar-refractivity contribution in [2.24, 2.45) is 11.8 Å². The first-order valence-corrected chi connectivity index (χ1v) is 23.2. The van der Waals surface area contributed by atoms with Gasteiger partial charge < -0.3 is 29.3 Å². The van der Waals surface area contributed by atoms with E-state index < -0.39 is 18.0 Å². The number of aromatic nitrogens is 1. The van der Waals surface area contributed by atoms with Crippen LogP contribution in [0.25, 0.3) is 10.9 Å². The number of rotatable bonds is 9. The summed E-state index contributed by atoms with van der Waals surface area (Å²) >= 11 is 0. The summed E-state index contributed by atoms with van der Waals surface area (Å²) in [5.41, 5.74) is 6.33. The summed E-state index contributed by atoms with van der Waals surface area (Å²) in [7, 11) is 0. The lowest BCUT2D eigenvalue weighted by atomic mass is 10.0. The zero-order valence-electron chi connectivity index (χ0n) is 37.3. The summed E-state index contributed by atoms with van der Waals surface area (Å²) in [5.74, 6) is 0.995. The molecular weight excluding hydrogens is 843 g/mol. The number of hydrogen-bond acceptors (Lipinski definition) is 12. The van der Waals surface area contributed by atoms with Gasteiger partial charge in [-0.15, -0.1) is 0 Å². The Hall–Kier alpha value is -6.23. The lowest BCUT2D eigenvalue weighted by Crippen LogP contribution is -2.52. The van der Waals surface area contributed by atoms with E-state index in [1.165, 1.54) is 5.56 Å². The Morgan fingerprint density at radius 1 is 0.682 bits per heavy atom. The minimum absolute atomic E-state index is 0.0368. The molecule has 1 aromatic heterocycles. The number of imide groups is 2. The quantitative estimate of drug-likeness (QED) is 0.207. The number of nitrogens with one attached hydrogen (secondary N) is 3. The summed E-state index contributed by atoms with van der Waals surface area (Å²) in [4.78, 5) is 83.4. The zero-order chi connectivity index (χ0) is 45.6. The van der Waals surface area contributed by atoms with E-state index in [1.54, 1.807) is 21.9 Å². The molecule has 3 aromatic carbocycles. The maximum atomic E-state index is 13.0. The minimum Gasteiger partial charge on any atom is -0.489 e. The fourth-order valence-electron chi connectivity index (χ4n) is 10.4. The molecule has 5 fully saturated rings. The van der Waals surface area contributed by atoms with Crippen molar-refractivity contribution in [2.75, 3.05) is 39.4 Å². The number of nitrogens with zero attached hydrogens (tertiary/aromatic N) is 4. The van der Waals surface area contributed by atoms with Crippen LogP contribution in [-0.2, 0) is 43.5 Å². The average molecular weight is 898 g/mol. The predicted molar refractivity (Wildman–Crippen MR) is 240 cm³/mol. The highest BCUT2D eigenvalue weighted by molar-refractivity contribution is 6.06. The topological polar surface area (TPSA) is 189 Å². The molecule has 5 saturated heterocycles. The van der Waals surface area contributed by atoms with E-state index in [-0.39, 0.29) is 54.6 Å². The van der Waals surface area contributed by atoms with Crippen molar-refractivity contribution >= 4 is 46.3 Å². The average Bonchev–Trinajstić information content (AvgIpc) is 4.15. The Bertz CT molecular complexity index is 2610. The van der Waals surface area contributed by atoms with E-state index in [1.807, 2.05) is 24.3 Å². The summed E-state index contributed by atoms with van der Waals surface area (Å²) in [6, 6.07) is 20.7. The minimum atomic E-state index is -0.616. The third kappa shape index (κ3) is 8.88. The summed E-state index contributed by atoms with van der Waals surface area (Å²) in [5, 5.41) is 9.12. The molecule has 0 spiro atoms. The predicted octanol–water partition coefficient (Wildman–Crippen LogP) is 3.83. The number of piperidine rings is 2. The molecule has 0 radical (unpaired) electrons. The van der Waals surface area contributed by atoms with E-state index >= 15 is 0 Å². The number of likely N-dealkylation sites (tertiary alicyclic amines) is 1. The van der Waals surface area contributed by atoms with Gasteiger partial charge in [-0.1, -0.05) is 26.0 Å². The number of benzene rings is 3. The first-order valence-electron chi connectivity index (χ1n) is 23.2. The summed E-state index contributed by atoms with van der Waals surface area (Å²) in [6.45, 7) is 11.0. The number of pyridine rings is 1. The molecule has 66 heavy (non-hydrogen) atoms. The molecule has 16 heteroatoms. The van der Waals surface area contributed by atoms with Gasteiger partial charge in [0, 0.05) is 105 Å². The van der Waals surface area contributed by atoms with Crippen LogP contribution in [0.1, 0.15) is 95.0 Å². The second-order valence-corrected chi connectivity index (χ2v) is 18.9. The molecule has 6 amide bonds. The van der Waals surface area contributed by atoms with Crippen LogP contribution in [0.5, 0.6) is 11.5 Å². The number of amides is 6. The molecule has 11 rings (SSSR count). The molecule has 0 bridgehead atoms. The molecule has 344 valence electrons. The van der Waals surface area contributed by atoms with Crippen LogP contribution in [-0.4, -0.2) is 119 Å². The molecule has 7 aliphatic rings. The maximum Gasteiger partial charge on any atom is 0.255 e. The first-order chi connectivity index (χ1) is 31.9. The van der Waals surface area contributed by atoms with E-state index in [2.05, 4.69) is 65.0 Å². The number of ether oxygens (including phenoxy) is 3. The highest BCUT2D eigenvalue weighted by Gasteiger charge is 2.41. The Labute approximate surface area is 382 Å². The van der Waals surface area contributed by atoms with Gasteiger partial charge >= 0.3 is 0 Å². The molecule has 16 nitrogen and oxygen atoms in total. The van der Waals surface area contributed by atoms with Crippen molar-refractivity contribution in [3.05, 3.63) is 100 Å². The fraction of sp³-hybridized carbons (Fsp3) is 0.460. The first kappa shape index (κ1) is 43.7. The van der Waals surface area contributed by atoms with Gasteiger partial charge in [-0.2, -0.15) is 0 Å². The maximum absolute atomic E-state index is 13.0. The monoisotopic (exact) mass is 897 g/mol. The standard InChI is InChI=1S/C32H34N4O5.C18H21N3O4/c1-19-14-35(15-20-2-6-26-21(12-20)3-7-27(33-26)22-10-11-40-18-22)17-29(19)41-24-4-5-25-23(13-24)16-36(32(25)39)28-8-9-30(37)34-31(28)38;1-10-7-19-8-15(10)25-12-2-3-13-11(6-12)9-21(18(13)24)14-4-5-16(22)20-17(14)23/h2-7,12-13,19,22,28-29H,8-11,14-18H2,1H3,(H,34,37,38);2-3,6,10,14-15,19H,4-5,7-9H2,1H3,(H,20,22,23)/t19-,22+,28?,29-;10-,14?,15-/m11/s1. The zero-order valence-corrected chi connectivity index (χ0v) is 37.3. The van der Waals surface area contributed by atoms with Crippen molar-refractivity contribution in [2.45, 2.75) is 95.8 Å². The van der Waals surface area contributed by atoms with Crippen LogP contribution in [0, 0.1) is 11.8 Å². The highest BCUT2D eigenvalue weighted by atomic mass is 16.5. The van der Waals surface area contributed by atoms with Gasteiger partial charge in [-0.3, -0.25) is 49.3 Å². The molecule has 0 saturated carbocycles. The van der Waals surface area contributed by atoms with Gasteiger partial charge in [0.2, 0.25) is 23.6 Å². The smallest absolute Gasteiger partial charge is 0.255 e. The van der Waals surface area contributed by atoms with Gasteiger partial charge in [-0.25, -0.2) is 0 Å². The number of fused-ring (bicyclic) bond motifs is 3. The second-order valence-electron chi connectivity index (χ2n) is 18.9. The Morgan fingerprint density at radius 2 is 1.32 bits per heavy atom. The SMILES string of the molecule is C[C@@H]1CN(Cc2ccc3nc([C@H]4CCOC4)ccc3c2)C[C@H]1Oc1ccc2c(c1)CN(C1CCC(=O)NC1=O)C2=O.C[C@@H]1CNC[C@H]1Oc1ccc2c(c1)CN(C1CCC(=O)NC1=O)C2=O. The van der Waals surface area contributed by atoms with Crippen LogP contribution in [0.3, 0.4) is 0 Å². The molecule has 8 heterocycles. The van der Waals surface area contributed by atoms with Crippen LogP contribution < -0.4 is 25.4 Å². The molecule has 0 aliphatic carbocycles. The lowest BCUT2D eigenvalue weighted by molar-refractivity contribution is -0.138. The molecular formula is C50H55N7O9. The largest absolute Gasteiger partial charge is 0.489 e. The number of carbonyl (C=O) groups is 6. The van der Waals surface area contributed by atoms with Crippen LogP contribution >= 0.6 is 0 Å². The number of hydrogen-bond donors (Lipinski definition) is 3. The van der Waals surface area contributed by atoms with Crippen molar-refractivity contribution in [1.82, 2.24) is 35.6 Å². The van der Waals surface area contributed by atoms with Crippen molar-refractivity contribution < 1.29 is 43.0 Å². The molecule has 7 atom stereocenters. The molecule has 3 N–H and O–H groups in total. The molecule has 7 aliphatic heterocycles. The van der Waals surface area contributed by atoms with Gasteiger partial charge in [0.1, 0.15) is 35.8 Å². The van der Waals surface area contributed by atoms with Gasteiger partial charge in [0.05, 0.1) is 12.1 Å². The van der Waals surface area contributed by atoms with Crippen LogP contribution in [0.15, 0.2) is 66.7 Å². The normalized spacial score (nSPS) is 27.5. The van der Waals surface area contributed by atoms with E-state index in [0.29, 0.717) is 54.8 Å². The van der Waals surface area contributed by atoms with Crippen molar-refractivity contribution in [3.63, 3.8) is 0 Å². The van der Waals surface area contributed by atoms with E-state index in [4.69, 9.17) is 19.2 Å².